The lowest BCUT2D eigenvalue weighted by Crippen LogP contribution is -2.36. The highest BCUT2D eigenvalue weighted by Gasteiger charge is 2.36. The SMILES string of the molecule is COc1cc(/C=C2/SC(=O)N(CC(=O)Nc3cccc(SC)c3)C2=O)cc(Br)c1OCc1ccc(C#N)cc1. The Morgan fingerprint density at radius 3 is 2.64 bits per heavy atom. The molecule has 11 heteroatoms. The molecule has 1 aliphatic heterocycles. The highest BCUT2D eigenvalue weighted by Crippen LogP contribution is 2.39. The summed E-state index contributed by atoms with van der Waals surface area (Å²) in [5.74, 6) is -0.121. The summed E-state index contributed by atoms with van der Waals surface area (Å²) in [6.45, 7) is -0.136. The molecule has 3 amide bonds. The minimum absolute atomic E-state index is 0.192. The number of imide groups is 1. The van der Waals surface area contributed by atoms with Crippen molar-refractivity contribution in [1.82, 2.24) is 4.90 Å². The molecular weight excluding hydrogens is 602 g/mol. The minimum Gasteiger partial charge on any atom is -0.493 e. The fourth-order valence-corrected chi connectivity index (χ4v) is 5.50. The van der Waals surface area contributed by atoms with Gasteiger partial charge in [0.05, 0.1) is 28.1 Å². The van der Waals surface area contributed by atoms with E-state index in [1.54, 1.807) is 48.2 Å². The number of nitriles is 1. The van der Waals surface area contributed by atoms with E-state index in [4.69, 9.17) is 14.7 Å². The van der Waals surface area contributed by atoms with Crippen molar-refractivity contribution < 1.29 is 23.9 Å². The van der Waals surface area contributed by atoms with Crippen molar-refractivity contribution in [3.8, 4) is 17.6 Å². The molecule has 1 fully saturated rings. The van der Waals surface area contributed by atoms with Crippen LogP contribution in [0.2, 0.25) is 0 Å². The zero-order valence-corrected chi connectivity index (χ0v) is 24.1. The van der Waals surface area contributed by atoms with Crippen LogP contribution in [0.3, 0.4) is 0 Å². The molecule has 4 rings (SSSR count). The number of hydrogen-bond donors (Lipinski definition) is 1. The molecule has 3 aromatic carbocycles. The van der Waals surface area contributed by atoms with E-state index in [1.807, 2.05) is 36.6 Å². The van der Waals surface area contributed by atoms with Crippen LogP contribution in [0, 0.1) is 11.3 Å². The Hall–Kier alpha value is -3.72. The Kier molecular flexibility index (Phi) is 9.35. The predicted octanol–water partition coefficient (Wildman–Crippen LogP) is 6.31. The van der Waals surface area contributed by atoms with E-state index in [0.717, 1.165) is 27.1 Å². The van der Waals surface area contributed by atoms with E-state index in [0.29, 0.717) is 32.8 Å². The van der Waals surface area contributed by atoms with Gasteiger partial charge in [0.25, 0.3) is 11.1 Å². The monoisotopic (exact) mass is 623 g/mol. The number of halogens is 1. The summed E-state index contributed by atoms with van der Waals surface area (Å²) in [7, 11) is 1.50. The average Bonchev–Trinajstić information content (AvgIpc) is 3.19. The molecule has 1 heterocycles. The number of hydrogen-bond acceptors (Lipinski definition) is 8. The maximum Gasteiger partial charge on any atom is 0.294 e. The van der Waals surface area contributed by atoms with Gasteiger partial charge in [0.1, 0.15) is 13.2 Å². The number of methoxy groups -OCH3 is 1. The normalized spacial score (nSPS) is 13.9. The summed E-state index contributed by atoms with van der Waals surface area (Å²) >= 11 is 5.81. The lowest BCUT2D eigenvalue weighted by molar-refractivity contribution is -0.127. The second kappa shape index (κ2) is 12.9. The topological polar surface area (TPSA) is 109 Å². The molecule has 0 radical (unpaired) electrons. The molecule has 3 aromatic rings. The third kappa shape index (κ3) is 7.03. The summed E-state index contributed by atoms with van der Waals surface area (Å²) in [6, 6.07) is 19.9. The Morgan fingerprint density at radius 2 is 1.95 bits per heavy atom. The number of amides is 3. The summed E-state index contributed by atoms with van der Waals surface area (Å²) in [5.41, 5.74) is 2.63. The van der Waals surface area contributed by atoms with Crippen molar-refractivity contribution >= 4 is 68.3 Å². The van der Waals surface area contributed by atoms with Crippen molar-refractivity contribution in [2.45, 2.75) is 11.5 Å². The molecule has 0 bridgehead atoms. The van der Waals surface area contributed by atoms with Gasteiger partial charge in [-0.25, -0.2) is 0 Å². The van der Waals surface area contributed by atoms with Gasteiger partial charge in [0.15, 0.2) is 11.5 Å². The standard InChI is InChI=1S/C28H22BrN3O5S2/c1-36-23-11-19(10-22(29)26(23)37-16-18-8-6-17(14-30)7-9-18)12-24-27(34)32(28(35)39-24)15-25(33)31-20-4-3-5-21(13-20)38-2/h3-13H,15-16H2,1-2H3,(H,31,33)/b24-12+. The number of thioether (sulfide) groups is 2. The van der Waals surface area contributed by atoms with Crippen molar-refractivity contribution in [3.63, 3.8) is 0 Å². The molecule has 8 nitrogen and oxygen atoms in total. The van der Waals surface area contributed by atoms with Gasteiger partial charge in [0, 0.05) is 10.6 Å². The number of anilines is 1. The summed E-state index contributed by atoms with van der Waals surface area (Å²) in [5, 5.41) is 11.2. The second-order valence-corrected chi connectivity index (χ2v) is 10.9. The first-order valence-corrected chi connectivity index (χ1v) is 14.3. The molecular formula is C28H22BrN3O5S2. The first-order valence-electron chi connectivity index (χ1n) is 11.5. The molecule has 0 unspecified atom stereocenters. The lowest BCUT2D eigenvalue weighted by Gasteiger charge is -2.14. The van der Waals surface area contributed by atoms with Crippen LogP contribution in [-0.4, -0.2) is 41.9 Å². The average molecular weight is 625 g/mol. The van der Waals surface area contributed by atoms with Crippen LogP contribution in [0.4, 0.5) is 10.5 Å². The molecule has 1 saturated heterocycles. The maximum atomic E-state index is 13.0. The number of ether oxygens (including phenoxy) is 2. The van der Waals surface area contributed by atoms with E-state index in [-0.39, 0.29) is 18.1 Å². The molecule has 0 atom stereocenters. The largest absolute Gasteiger partial charge is 0.493 e. The third-order valence-corrected chi connectivity index (χ3v) is 7.77. The van der Waals surface area contributed by atoms with Crippen molar-refractivity contribution in [1.29, 1.82) is 5.26 Å². The number of carbonyl (C=O) groups is 3. The zero-order chi connectivity index (χ0) is 27.9. The highest BCUT2D eigenvalue weighted by atomic mass is 79.9. The van der Waals surface area contributed by atoms with Crippen LogP contribution in [0.15, 0.2) is 74.9 Å². The van der Waals surface area contributed by atoms with E-state index in [9.17, 15) is 14.4 Å². The summed E-state index contributed by atoms with van der Waals surface area (Å²) in [6.07, 6.45) is 3.50. The quantitative estimate of drug-likeness (QED) is 0.218. The van der Waals surface area contributed by atoms with Crippen molar-refractivity contribution in [2.24, 2.45) is 0 Å². The third-order valence-electron chi connectivity index (χ3n) is 5.54. The van der Waals surface area contributed by atoms with Gasteiger partial charge in [-0.1, -0.05) is 18.2 Å². The van der Waals surface area contributed by atoms with E-state index < -0.39 is 17.1 Å². The van der Waals surface area contributed by atoms with Crippen molar-refractivity contribution in [3.05, 3.63) is 86.7 Å². The molecule has 1 aliphatic rings. The van der Waals surface area contributed by atoms with Crippen molar-refractivity contribution in [2.75, 3.05) is 25.2 Å². The Labute approximate surface area is 242 Å². The van der Waals surface area contributed by atoms with Crippen LogP contribution < -0.4 is 14.8 Å². The minimum atomic E-state index is -0.547. The fourth-order valence-electron chi connectivity index (χ4n) is 3.63. The Bertz CT molecular complexity index is 1500. The van der Waals surface area contributed by atoms with Crippen LogP contribution in [0.25, 0.3) is 6.08 Å². The molecule has 1 N–H and O–H groups in total. The molecule has 0 spiro atoms. The van der Waals surface area contributed by atoms with Gasteiger partial charge in [-0.05, 0) is 93.6 Å². The summed E-state index contributed by atoms with van der Waals surface area (Å²) in [4.78, 5) is 40.2. The smallest absolute Gasteiger partial charge is 0.294 e. The number of carbonyl (C=O) groups excluding carboxylic acids is 3. The van der Waals surface area contributed by atoms with Gasteiger partial charge < -0.3 is 14.8 Å². The van der Waals surface area contributed by atoms with Gasteiger partial charge >= 0.3 is 0 Å². The summed E-state index contributed by atoms with van der Waals surface area (Å²) < 4.78 is 12.0. The fraction of sp³-hybridized carbons (Fsp3) is 0.143. The Morgan fingerprint density at radius 1 is 1.18 bits per heavy atom. The predicted molar refractivity (Wildman–Crippen MR) is 156 cm³/mol. The van der Waals surface area contributed by atoms with Gasteiger partial charge in [0.2, 0.25) is 5.91 Å². The number of rotatable bonds is 9. The number of nitrogens with one attached hydrogen (secondary N) is 1. The Balaban J connectivity index is 1.45. The van der Waals surface area contributed by atoms with Gasteiger partial charge in [-0.15, -0.1) is 11.8 Å². The lowest BCUT2D eigenvalue weighted by atomic mass is 10.1. The van der Waals surface area contributed by atoms with Crippen LogP contribution in [0.5, 0.6) is 11.5 Å². The number of benzene rings is 3. The number of nitrogens with zero attached hydrogens (tertiary/aromatic N) is 2. The molecule has 0 aromatic heterocycles. The van der Waals surface area contributed by atoms with E-state index in [2.05, 4.69) is 27.3 Å². The van der Waals surface area contributed by atoms with Gasteiger partial charge in [-0.3, -0.25) is 19.3 Å². The van der Waals surface area contributed by atoms with Crippen LogP contribution >= 0.6 is 39.5 Å². The first-order chi connectivity index (χ1) is 18.8. The molecule has 39 heavy (non-hydrogen) atoms. The van der Waals surface area contributed by atoms with Crippen LogP contribution in [-0.2, 0) is 16.2 Å². The van der Waals surface area contributed by atoms with Gasteiger partial charge in [-0.2, -0.15) is 5.26 Å². The molecule has 0 saturated carbocycles. The van der Waals surface area contributed by atoms with E-state index in [1.165, 1.54) is 7.11 Å². The maximum absolute atomic E-state index is 13.0. The highest BCUT2D eigenvalue weighted by molar-refractivity contribution is 9.10. The molecule has 198 valence electrons. The second-order valence-electron chi connectivity index (χ2n) is 8.18. The first kappa shape index (κ1) is 28.3. The van der Waals surface area contributed by atoms with E-state index >= 15 is 0 Å². The zero-order valence-electron chi connectivity index (χ0n) is 20.9. The van der Waals surface area contributed by atoms with Crippen LogP contribution in [0.1, 0.15) is 16.7 Å². The molecule has 0 aliphatic carbocycles.